The fraction of sp³-hybridized carbons (Fsp3) is 0.333. The van der Waals surface area contributed by atoms with Gasteiger partial charge in [-0.1, -0.05) is 18.2 Å². The lowest BCUT2D eigenvalue weighted by Gasteiger charge is -2.11. The van der Waals surface area contributed by atoms with Gasteiger partial charge in [0.05, 0.1) is 11.5 Å². The normalized spacial score (nSPS) is 28.0. The summed E-state index contributed by atoms with van der Waals surface area (Å²) in [6.07, 6.45) is 9.53. The molecule has 2 unspecified atom stereocenters. The summed E-state index contributed by atoms with van der Waals surface area (Å²) < 4.78 is 0. The van der Waals surface area contributed by atoms with E-state index in [0.717, 1.165) is 47.6 Å². The van der Waals surface area contributed by atoms with Crippen LogP contribution < -0.4 is 5.32 Å². The van der Waals surface area contributed by atoms with Gasteiger partial charge in [0.25, 0.3) is 0 Å². The zero-order valence-corrected chi connectivity index (χ0v) is 15.9. The van der Waals surface area contributed by atoms with Crippen LogP contribution in [0, 0.1) is 22.7 Å². The fourth-order valence-electron chi connectivity index (χ4n) is 4.99. The first-order valence-corrected chi connectivity index (χ1v) is 10.2. The molecule has 3 fully saturated rings. The number of hydrogen-bond acceptors (Lipinski definition) is 4. The number of nitrogens with zero attached hydrogens (tertiary/aromatic N) is 3. The van der Waals surface area contributed by atoms with Crippen molar-refractivity contribution in [2.75, 3.05) is 5.32 Å². The third kappa shape index (κ3) is 2.49. The van der Waals surface area contributed by atoms with E-state index in [0.29, 0.717) is 5.82 Å². The molecule has 3 aliphatic carbocycles. The van der Waals surface area contributed by atoms with Gasteiger partial charge in [0.2, 0.25) is 5.91 Å². The smallest absolute Gasteiger partial charge is 0.229 e. The molecule has 1 aromatic carbocycles. The lowest BCUT2D eigenvalue weighted by atomic mass is 9.92. The van der Waals surface area contributed by atoms with Crippen LogP contribution in [0.25, 0.3) is 10.8 Å². The van der Waals surface area contributed by atoms with E-state index >= 15 is 0 Å². The first-order valence-electron chi connectivity index (χ1n) is 10.2. The number of amides is 1. The molecule has 0 bridgehead atoms. The van der Waals surface area contributed by atoms with Crippen molar-refractivity contribution in [1.82, 2.24) is 9.97 Å². The van der Waals surface area contributed by atoms with Crippen molar-refractivity contribution in [2.45, 2.75) is 37.0 Å². The quantitative estimate of drug-likeness (QED) is 0.731. The minimum absolute atomic E-state index is 0.00878. The monoisotopic (exact) mass is 380 g/mol. The summed E-state index contributed by atoms with van der Waals surface area (Å²) >= 11 is 0. The van der Waals surface area contributed by atoms with Gasteiger partial charge in [-0.25, -0.2) is 4.98 Å². The summed E-state index contributed by atoms with van der Waals surface area (Å²) in [6, 6.07) is 14.7. The zero-order chi connectivity index (χ0) is 19.6. The van der Waals surface area contributed by atoms with E-state index in [1.807, 2.05) is 30.5 Å². The van der Waals surface area contributed by atoms with Crippen molar-refractivity contribution in [3.05, 3.63) is 66.1 Å². The number of anilines is 1. The highest BCUT2D eigenvalue weighted by atomic mass is 16.2. The highest BCUT2D eigenvalue weighted by molar-refractivity contribution is 5.96. The highest BCUT2D eigenvalue weighted by Crippen LogP contribution is 2.78. The number of aromatic nitrogens is 2. The number of fused-ring (bicyclic) bond motifs is 1. The number of nitriles is 1. The summed E-state index contributed by atoms with van der Waals surface area (Å²) in [5.74, 6) is 0.802. The van der Waals surface area contributed by atoms with Crippen LogP contribution in [0.3, 0.4) is 0 Å². The van der Waals surface area contributed by atoms with E-state index in [1.165, 1.54) is 0 Å². The summed E-state index contributed by atoms with van der Waals surface area (Å²) in [4.78, 5) is 21.2. The van der Waals surface area contributed by atoms with E-state index in [2.05, 4.69) is 33.5 Å². The Morgan fingerprint density at radius 1 is 1.17 bits per heavy atom. The Kier molecular flexibility index (Phi) is 3.24. The van der Waals surface area contributed by atoms with Crippen LogP contribution in [0.2, 0.25) is 0 Å². The zero-order valence-electron chi connectivity index (χ0n) is 15.9. The molecule has 3 aliphatic rings. The van der Waals surface area contributed by atoms with Crippen LogP contribution in [0.15, 0.2) is 55.0 Å². The number of nitrogens with one attached hydrogen (secondary N) is 1. The summed E-state index contributed by atoms with van der Waals surface area (Å²) in [6.45, 7) is 0. The number of benzene rings is 1. The molecule has 1 amide bonds. The summed E-state index contributed by atoms with van der Waals surface area (Å²) in [5.41, 5.74) is 2.15. The van der Waals surface area contributed by atoms with Gasteiger partial charge >= 0.3 is 0 Å². The Hall–Kier alpha value is -3.26. The largest absolute Gasteiger partial charge is 0.310 e. The van der Waals surface area contributed by atoms with Crippen molar-refractivity contribution < 1.29 is 4.79 Å². The topological polar surface area (TPSA) is 78.7 Å². The second-order valence-electron chi connectivity index (χ2n) is 8.83. The SMILES string of the molecule is N#C[C@@]1(c2ccc3cnc(NC(=O)C4CC4c4cccnc4)cc3c2)CC12CC2. The number of pyridine rings is 2. The average Bonchev–Trinajstić information content (AvgIpc) is 3.66. The third-order valence-corrected chi connectivity index (χ3v) is 7.13. The Balaban J connectivity index is 1.23. The number of hydrogen-bond donors (Lipinski definition) is 1. The molecule has 2 heterocycles. The molecule has 0 radical (unpaired) electrons. The summed E-state index contributed by atoms with van der Waals surface area (Å²) in [7, 11) is 0. The number of carbonyl (C=O) groups excluding carboxylic acids is 1. The van der Waals surface area contributed by atoms with Crippen LogP contribution in [0.4, 0.5) is 5.82 Å². The van der Waals surface area contributed by atoms with Crippen LogP contribution >= 0.6 is 0 Å². The maximum atomic E-state index is 12.7. The molecule has 1 N–H and O–H groups in total. The summed E-state index contributed by atoms with van der Waals surface area (Å²) in [5, 5.41) is 14.8. The molecule has 0 aliphatic heterocycles. The molecule has 142 valence electrons. The van der Waals surface area contributed by atoms with Gasteiger partial charge < -0.3 is 5.32 Å². The third-order valence-electron chi connectivity index (χ3n) is 7.13. The van der Waals surface area contributed by atoms with Crippen molar-refractivity contribution in [3.63, 3.8) is 0 Å². The van der Waals surface area contributed by atoms with Gasteiger partial charge in [-0.3, -0.25) is 9.78 Å². The Morgan fingerprint density at radius 2 is 2.07 bits per heavy atom. The molecule has 2 aromatic heterocycles. The minimum Gasteiger partial charge on any atom is -0.310 e. The first-order chi connectivity index (χ1) is 14.1. The molecular formula is C24H20N4O. The van der Waals surface area contributed by atoms with E-state index in [-0.39, 0.29) is 28.6 Å². The molecule has 5 nitrogen and oxygen atoms in total. The van der Waals surface area contributed by atoms with E-state index in [1.54, 1.807) is 12.4 Å². The van der Waals surface area contributed by atoms with Crippen molar-refractivity contribution >= 4 is 22.5 Å². The molecule has 3 atom stereocenters. The standard InChI is InChI=1S/C24H20N4O/c25-14-24(13-23(24)5-6-23)18-4-3-15-12-27-21(9-17(15)8-18)28-22(29)20-10-19(20)16-2-1-7-26-11-16/h1-4,7-9,11-12,19-20H,5-6,10,13H2,(H,27,28,29)/t19?,20?,24-/m1/s1. The Morgan fingerprint density at radius 3 is 2.79 bits per heavy atom. The van der Waals surface area contributed by atoms with Gasteiger partial charge in [0.1, 0.15) is 5.82 Å². The highest BCUT2D eigenvalue weighted by Gasteiger charge is 2.75. The molecule has 3 aromatic rings. The van der Waals surface area contributed by atoms with Crippen molar-refractivity contribution in [1.29, 1.82) is 5.26 Å². The molecule has 0 saturated heterocycles. The van der Waals surface area contributed by atoms with Gasteiger partial charge in [0.15, 0.2) is 0 Å². The molecule has 5 heteroatoms. The first kappa shape index (κ1) is 16.7. The lowest BCUT2D eigenvalue weighted by Crippen LogP contribution is -2.15. The van der Waals surface area contributed by atoms with Crippen molar-refractivity contribution in [2.24, 2.45) is 11.3 Å². The van der Waals surface area contributed by atoms with E-state index in [9.17, 15) is 10.1 Å². The lowest BCUT2D eigenvalue weighted by molar-refractivity contribution is -0.117. The molecule has 3 saturated carbocycles. The van der Waals surface area contributed by atoms with Gasteiger partial charge in [-0.2, -0.15) is 5.26 Å². The van der Waals surface area contributed by atoms with Crippen molar-refractivity contribution in [3.8, 4) is 6.07 Å². The molecular weight excluding hydrogens is 360 g/mol. The maximum absolute atomic E-state index is 12.7. The fourth-order valence-corrected chi connectivity index (χ4v) is 4.99. The number of carbonyl (C=O) groups is 1. The molecule has 1 spiro atoms. The van der Waals surface area contributed by atoms with E-state index < -0.39 is 0 Å². The predicted octanol–water partition coefficient (Wildman–Crippen LogP) is 4.32. The van der Waals surface area contributed by atoms with E-state index in [4.69, 9.17) is 0 Å². The van der Waals surface area contributed by atoms with Crippen LogP contribution in [-0.4, -0.2) is 15.9 Å². The minimum atomic E-state index is -0.307. The molecule has 6 rings (SSSR count). The molecule has 29 heavy (non-hydrogen) atoms. The second-order valence-corrected chi connectivity index (χ2v) is 8.83. The van der Waals surface area contributed by atoms with Gasteiger partial charge in [-0.15, -0.1) is 0 Å². The van der Waals surface area contributed by atoms with Gasteiger partial charge in [0, 0.05) is 29.9 Å². The Labute approximate surface area is 168 Å². The van der Waals surface area contributed by atoms with Crippen LogP contribution in [0.5, 0.6) is 0 Å². The van der Waals surface area contributed by atoms with Crippen LogP contribution in [0.1, 0.15) is 42.7 Å². The predicted molar refractivity (Wildman–Crippen MR) is 109 cm³/mol. The Bertz CT molecular complexity index is 1190. The second kappa shape index (κ2) is 5.64. The van der Waals surface area contributed by atoms with Gasteiger partial charge in [-0.05, 0) is 71.7 Å². The maximum Gasteiger partial charge on any atom is 0.229 e. The van der Waals surface area contributed by atoms with Crippen LogP contribution in [-0.2, 0) is 10.2 Å². The average molecular weight is 380 g/mol. The number of rotatable bonds is 4.